The smallest absolute Gasteiger partial charge is 0.319 e. The molecule has 2 unspecified atom stereocenters. The molecule has 1 fully saturated rings. The number of aliphatic carboxylic acids is 1. The Balaban J connectivity index is 2.44. The Hall–Kier alpha value is -0.420. The van der Waals surface area contributed by atoms with E-state index in [4.69, 9.17) is 9.84 Å². The highest BCUT2D eigenvalue weighted by Crippen LogP contribution is 2.35. The lowest BCUT2D eigenvalue weighted by molar-refractivity contribution is -0.136. The fourth-order valence-corrected chi connectivity index (χ4v) is 2.73. The van der Waals surface area contributed by atoms with Gasteiger partial charge in [0.15, 0.2) is 0 Å². The minimum atomic E-state index is -1.28. The van der Waals surface area contributed by atoms with Gasteiger partial charge in [0, 0.05) is 23.7 Å². The number of rotatable bonds is 6. The van der Waals surface area contributed by atoms with Crippen LogP contribution in [0.15, 0.2) is 0 Å². The highest BCUT2D eigenvalue weighted by Gasteiger charge is 2.40. The maximum atomic E-state index is 11.5. The van der Waals surface area contributed by atoms with Crippen LogP contribution in [0.25, 0.3) is 0 Å². The van der Waals surface area contributed by atoms with Crippen molar-refractivity contribution in [2.24, 2.45) is 5.92 Å². The normalized spacial score (nSPS) is 21.0. The standard InChI is InChI=1S/C8H14O4S/c1-12-4-5-13(11)7(8(9)10)6-2-3-6/h6-7H,2-5H2,1H3,(H,9,10). The van der Waals surface area contributed by atoms with Gasteiger partial charge in [-0.15, -0.1) is 0 Å². The molecule has 4 nitrogen and oxygen atoms in total. The van der Waals surface area contributed by atoms with Gasteiger partial charge in [-0.05, 0) is 18.8 Å². The highest BCUT2D eigenvalue weighted by molar-refractivity contribution is 7.86. The van der Waals surface area contributed by atoms with Crippen LogP contribution in [0.4, 0.5) is 0 Å². The predicted molar refractivity (Wildman–Crippen MR) is 49.0 cm³/mol. The van der Waals surface area contributed by atoms with E-state index in [1.165, 1.54) is 7.11 Å². The number of carboxylic acids is 1. The van der Waals surface area contributed by atoms with E-state index in [1.54, 1.807) is 0 Å². The van der Waals surface area contributed by atoms with Crippen molar-refractivity contribution in [2.75, 3.05) is 19.5 Å². The minimum Gasteiger partial charge on any atom is -0.480 e. The molecule has 0 spiro atoms. The number of methoxy groups -OCH3 is 1. The predicted octanol–water partition coefficient (Wildman–Crippen LogP) is 0.245. The first-order chi connectivity index (χ1) is 6.16. The van der Waals surface area contributed by atoms with Crippen LogP contribution in [0.5, 0.6) is 0 Å². The van der Waals surface area contributed by atoms with Gasteiger partial charge in [0.05, 0.1) is 6.61 Å². The lowest BCUT2D eigenvalue weighted by atomic mass is 10.3. The monoisotopic (exact) mass is 206 g/mol. The van der Waals surface area contributed by atoms with E-state index in [0.717, 1.165) is 12.8 Å². The number of hydrogen-bond donors (Lipinski definition) is 1. The zero-order valence-corrected chi connectivity index (χ0v) is 8.38. The Morgan fingerprint density at radius 3 is 2.69 bits per heavy atom. The van der Waals surface area contributed by atoms with Crippen molar-refractivity contribution in [2.45, 2.75) is 18.1 Å². The van der Waals surface area contributed by atoms with E-state index in [1.807, 2.05) is 0 Å². The molecule has 0 aromatic carbocycles. The number of carbonyl (C=O) groups is 1. The second-order valence-corrected chi connectivity index (χ2v) is 4.85. The molecule has 1 N–H and O–H groups in total. The summed E-state index contributed by atoms with van der Waals surface area (Å²) in [6, 6.07) is 0. The van der Waals surface area contributed by atoms with Gasteiger partial charge in [-0.25, -0.2) is 0 Å². The van der Waals surface area contributed by atoms with Gasteiger partial charge in [0.25, 0.3) is 0 Å². The SMILES string of the molecule is COCCS(=O)C(C(=O)O)C1CC1. The third-order valence-electron chi connectivity index (χ3n) is 2.07. The van der Waals surface area contributed by atoms with E-state index in [2.05, 4.69) is 0 Å². The van der Waals surface area contributed by atoms with Crippen LogP contribution in [0.3, 0.4) is 0 Å². The Bertz CT molecular complexity index is 212. The maximum absolute atomic E-state index is 11.5. The number of carboxylic acid groups (broad SMARTS) is 1. The van der Waals surface area contributed by atoms with Gasteiger partial charge in [-0.3, -0.25) is 9.00 Å². The maximum Gasteiger partial charge on any atom is 0.319 e. The lowest BCUT2D eigenvalue weighted by Crippen LogP contribution is -2.30. The van der Waals surface area contributed by atoms with Crippen LogP contribution in [0.1, 0.15) is 12.8 Å². The topological polar surface area (TPSA) is 63.6 Å². The van der Waals surface area contributed by atoms with Gasteiger partial charge >= 0.3 is 5.97 Å². The Kier molecular flexibility index (Phi) is 3.87. The van der Waals surface area contributed by atoms with Crippen molar-refractivity contribution >= 4 is 16.8 Å². The third kappa shape index (κ3) is 3.08. The molecule has 0 radical (unpaired) electrons. The fraction of sp³-hybridized carbons (Fsp3) is 0.875. The molecule has 0 saturated heterocycles. The molecule has 13 heavy (non-hydrogen) atoms. The molecule has 76 valence electrons. The Labute approximate surface area is 79.7 Å². The molecule has 0 amide bonds. The quantitative estimate of drug-likeness (QED) is 0.676. The summed E-state index contributed by atoms with van der Waals surface area (Å²) < 4.78 is 16.2. The molecule has 2 atom stereocenters. The van der Waals surface area contributed by atoms with Crippen molar-refractivity contribution in [1.82, 2.24) is 0 Å². The lowest BCUT2D eigenvalue weighted by Gasteiger charge is -2.09. The molecule has 0 bridgehead atoms. The summed E-state index contributed by atoms with van der Waals surface area (Å²) in [5.74, 6) is -0.476. The second kappa shape index (κ2) is 4.72. The minimum absolute atomic E-state index is 0.134. The van der Waals surface area contributed by atoms with Gasteiger partial charge in [0.2, 0.25) is 0 Å². The van der Waals surface area contributed by atoms with E-state index in [-0.39, 0.29) is 5.92 Å². The van der Waals surface area contributed by atoms with E-state index < -0.39 is 22.0 Å². The largest absolute Gasteiger partial charge is 0.480 e. The van der Waals surface area contributed by atoms with Gasteiger partial charge in [0.1, 0.15) is 5.25 Å². The molecule has 1 aliphatic rings. The molecule has 1 rings (SSSR count). The fourth-order valence-electron chi connectivity index (χ4n) is 1.22. The zero-order chi connectivity index (χ0) is 9.84. The van der Waals surface area contributed by atoms with E-state index in [9.17, 15) is 9.00 Å². The second-order valence-electron chi connectivity index (χ2n) is 3.17. The van der Waals surface area contributed by atoms with Crippen LogP contribution in [-0.2, 0) is 20.3 Å². The van der Waals surface area contributed by atoms with E-state index >= 15 is 0 Å². The first-order valence-electron chi connectivity index (χ1n) is 4.25. The summed E-state index contributed by atoms with van der Waals surface area (Å²) in [4.78, 5) is 10.8. The van der Waals surface area contributed by atoms with Crippen molar-refractivity contribution in [3.8, 4) is 0 Å². The van der Waals surface area contributed by atoms with Crippen LogP contribution in [0, 0.1) is 5.92 Å². The molecular weight excluding hydrogens is 192 g/mol. The van der Waals surface area contributed by atoms with Gasteiger partial charge < -0.3 is 9.84 Å². The number of ether oxygens (including phenoxy) is 1. The molecule has 0 heterocycles. The summed E-state index contributed by atoms with van der Waals surface area (Å²) in [7, 11) is 0.238. The van der Waals surface area contributed by atoms with Crippen molar-refractivity contribution < 1.29 is 18.8 Å². The Morgan fingerprint density at radius 1 is 1.69 bits per heavy atom. The van der Waals surface area contributed by atoms with E-state index in [0.29, 0.717) is 12.4 Å². The third-order valence-corrected chi connectivity index (χ3v) is 3.79. The van der Waals surface area contributed by atoms with Crippen LogP contribution in [-0.4, -0.2) is 40.0 Å². The van der Waals surface area contributed by atoms with Crippen LogP contribution >= 0.6 is 0 Å². The molecular formula is C8H14O4S. The first-order valence-corrected chi connectivity index (χ1v) is 5.64. The summed E-state index contributed by atoms with van der Waals surface area (Å²) in [6.45, 7) is 0.364. The van der Waals surface area contributed by atoms with Crippen molar-refractivity contribution in [1.29, 1.82) is 0 Å². The highest BCUT2D eigenvalue weighted by atomic mass is 32.2. The summed E-state index contributed by atoms with van der Waals surface area (Å²) in [5.41, 5.74) is 0. The molecule has 5 heteroatoms. The zero-order valence-electron chi connectivity index (χ0n) is 7.56. The molecule has 0 aromatic rings. The summed E-state index contributed by atoms with van der Waals surface area (Å²) in [6.07, 6.45) is 1.80. The van der Waals surface area contributed by atoms with Gasteiger partial charge in [-0.1, -0.05) is 0 Å². The summed E-state index contributed by atoms with van der Waals surface area (Å²) in [5, 5.41) is 8.15. The molecule has 1 aliphatic carbocycles. The first kappa shape index (κ1) is 10.7. The van der Waals surface area contributed by atoms with Crippen molar-refractivity contribution in [3.63, 3.8) is 0 Å². The average molecular weight is 206 g/mol. The summed E-state index contributed by atoms with van der Waals surface area (Å²) >= 11 is 0. The molecule has 0 aromatic heterocycles. The average Bonchev–Trinajstić information content (AvgIpc) is 2.84. The van der Waals surface area contributed by atoms with Gasteiger partial charge in [-0.2, -0.15) is 0 Å². The molecule has 0 aliphatic heterocycles. The molecule has 1 saturated carbocycles. The number of hydrogen-bond acceptors (Lipinski definition) is 3. The van der Waals surface area contributed by atoms with Crippen LogP contribution < -0.4 is 0 Å². The Morgan fingerprint density at radius 2 is 2.31 bits per heavy atom. The van der Waals surface area contributed by atoms with Crippen LogP contribution in [0.2, 0.25) is 0 Å². The van der Waals surface area contributed by atoms with Crippen molar-refractivity contribution in [3.05, 3.63) is 0 Å².